The van der Waals surface area contributed by atoms with Crippen molar-refractivity contribution in [2.24, 2.45) is 0 Å². The fourth-order valence-electron chi connectivity index (χ4n) is 2.09. The van der Waals surface area contributed by atoms with Crippen LogP contribution in [0, 0.1) is 0 Å². The van der Waals surface area contributed by atoms with Crippen LogP contribution in [0.1, 0.15) is 37.0 Å². The van der Waals surface area contributed by atoms with E-state index in [4.69, 9.17) is 9.47 Å². The van der Waals surface area contributed by atoms with E-state index in [2.05, 4.69) is 20.7 Å². The van der Waals surface area contributed by atoms with E-state index in [9.17, 15) is 9.90 Å². The number of rotatable bonds is 5. The summed E-state index contributed by atoms with van der Waals surface area (Å²) in [4.78, 5) is 11.6. The summed E-state index contributed by atoms with van der Waals surface area (Å²) in [7, 11) is 4.28. The van der Waals surface area contributed by atoms with Gasteiger partial charge in [0.05, 0.1) is 25.8 Å². The second kappa shape index (κ2) is 6.95. The number of methoxy groups -OCH3 is 3. The highest BCUT2D eigenvalue weighted by molar-refractivity contribution is 9.10. The lowest BCUT2D eigenvalue weighted by Crippen LogP contribution is -2.17. The van der Waals surface area contributed by atoms with Crippen LogP contribution in [0.2, 0.25) is 0 Å². The molecule has 0 aliphatic carbocycles. The van der Waals surface area contributed by atoms with Crippen molar-refractivity contribution in [1.29, 1.82) is 0 Å². The molecule has 0 saturated heterocycles. The predicted molar refractivity (Wildman–Crippen MR) is 78.3 cm³/mol. The number of carbonyl (C=O) groups is 1. The summed E-state index contributed by atoms with van der Waals surface area (Å²) in [5.41, 5.74) is 1.15. The molecule has 0 amide bonds. The molecule has 0 bridgehead atoms. The summed E-state index contributed by atoms with van der Waals surface area (Å²) < 4.78 is 15.9. The molecular weight excluding hydrogens is 328 g/mol. The lowest BCUT2D eigenvalue weighted by molar-refractivity contribution is -0.150. The summed E-state index contributed by atoms with van der Waals surface area (Å²) in [6.45, 7) is 3.89. The van der Waals surface area contributed by atoms with Gasteiger partial charge in [-0.15, -0.1) is 0 Å². The number of aliphatic hydroxyl groups excluding tert-OH is 1. The molecule has 0 saturated carbocycles. The van der Waals surface area contributed by atoms with Crippen molar-refractivity contribution >= 4 is 21.9 Å². The topological polar surface area (TPSA) is 65.0 Å². The van der Waals surface area contributed by atoms with E-state index < -0.39 is 12.1 Å². The van der Waals surface area contributed by atoms with Crippen LogP contribution in [0.5, 0.6) is 11.5 Å². The number of aliphatic hydroxyl groups is 1. The first kappa shape index (κ1) is 16.8. The third kappa shape index (κ3) is 3.07. The van der Waals surface area contributed by atoms with Gasteiger partial charge >= 0.3 is 5.97 Å². The van der Waals surface area contributed by atoms with Crippen LogP contribution in [0.25, 0.3) is 0 Å². The monoisotopic (exact) mass is 346 g/mol. The first-order valence-electron chi connectivity index (χ1n) is 6.09. The molecule has 0 fully saturated rings. The normalized spacial score (nSPS) is 12.2. The summed E-state index contributed by atoms with van der Waals surface area (Å²) in [5, 5.41) is 10.1. The zero-order chi connectivity index (χ0) is 15.4. The Labute approximate surface area is 127 Å². The number of hydrogen-bond donors (Lipinski definition) is 1. The number of benzene rings is 1. The van der Waals surface area contributed by atoms with E-state index in [-0.39, 0.29) is 5.92 Å². The van der Waals surface area contributed by atoms with Gasteiger partial charge in [-0.25, -0.2) is 4.79 Å². The molecule has 0 aromatic heterocycles. The van der Waals surface area contributed by atoms with Gasteiger partial charge < -0.3 is 19.3 Å². The smallest absolute Gasteiger partial charge is 0.339 e. The van der Waals surface area contributed by atoms with E-state index in [1.54, 1.807) is 6.07 Å². The molecule has 1 aromatic carbocycles. The van der Waals surface area contributed by atoms with Crippen LogP contribution in [0.4, 0.5) is 0 Å². The standard InChI is InChI=1S/C14H19BrO5/c1-7(2)10-8(11(16)14(17)20-5)6-9(15)12(18-3)13(10)19-4/h6-7,11,16H,1-5H3. The first-order valence-corrected chi connectivity index (χ1v) is 6.88. The molecule has 1 rings (SSSR count). The fourth-order valence-corrected chi connectivity index (χ4v) is 2.68. The largest absolute Gasteiger partial charge is 0.493 e. The van der Waals surface area contributed by atoms with Gasteiger partial charge in [0.15, 0.2) is 17.6 Å². The van der Waals surface area contributed by atoms with Gasteiger partial charge in [-0.2, -0.15) is 0 Å². The van der Waals surface area contributed by atoms with Crippen LogP contribution >= 0.6 is 15.9 Å². The Bertz CT molecular complexity index is 499. The van der Waals surface area contributed by atoms with Gasteiger partial charge in [0.1, 0.15) is 0 Å². The maximum atomic E-state index is 11.6. The predicted octanol–water partition coefficient (Wildman–Crippen LogP) is 2.80. The molecule has 0 aliphatic rings. The molecule has 0 heterocycles. The lowest BCUT2D eigenvalue weighted by atomic mass is 9.92. The summed E-state index contributed by atoms with van der Waals surface area (Å²) >= 11 is 3.35. The maximum Gasteiger partial charge on any atom is 0.339 e. The van der Waals surface area contributed by atoms with E-state index in [0.717, 1.165) is 0 Å². The zero-order valence-corrected chi connectivity index (χ0v) is 13.8. The highest BCUT2D eigenvalue weighted by Crippen LogP contribution is 2.45. The Morgan fingerprint density at radius 3 is 2.15 bits per heavy atom. The van der Waals surface area contributed by atoms with Crippen molar-refractivity contribution in [1.82, 2.24) is 0 Å². The van der Waals surface area contributed by atoms with Crippen LogP contribution in [-0.4, -0.2) is 32.4 Å². The van der Waals surface area contributed by atoms with Gasteiger partial charge in [-0.05, 0) is 27.9 Å². The first-order chi connectivity index (χ1) is 9.38. The van der Waals surface area contributed by atoms with Crippen LogP contribution in [-0.2, 0) is 9.53 Å². The summed E-state index contributed by atoms with van der Waals surface area (Å²) in [6, 6.07) is 1.65. The Morgan fingerprint density at radius 1 is 1.20 bits per heavy atom. The molecule has 1 aromatic rings. The molecule has 0 aliphatic heterocycles. The molecule has 20 heavy (non-hydrogen) atoms. The van der Waals surface area contributed by atoms with Crippen molar-refractivity contribution in [3.63, 3.8) is 0 Å². The SMILES string of the molecule is COC(=O)C(O)c1cc(Br)c(OC)c(OC)c1C(C)C. The third-order valence-corrected chi connectivity index (χ3v) is 3.55. The van der Waals surface area contributed by atoms with Crippen molar-refractivity contribution < 1.29 is 24.1 Å². The van der Waals surface area contributed by atoms with Crippen LogP contribution in [0.3, 0.4) is 0 Å². The third-order valence-electron chi connectivity index (χ3n) is 2.97. The molecule has 1 unspecified atom stereocenters. The second-order valence-corrected chi connectivity index (χ2v) is 5.36. The van der Waals surface area contributed by atoms with Crippen molar-refractivity contribution in [3.8, 4) is 11.5 Å². The Kier molecular flexibility index (Phi) is 5.83. The maximum absolute atomic E-state index is 11.6. The van der Waals surface area contributed by atoms with E-state index in [0.29, 0.717) is 27.1 Å². The Hall–Kier alpha value is -1.27. The average Bonchev–Trinajstić information content (AvgIpc) is 2.43. The minimum atomic E-state index is -1.37. The minimum Gasteiger partial charge on any atom is -0.493 e. The Morgan fingerprint density at radius 2 is 1.75 bits per heavy atom. The van der Waals surface area contributed by atoms with Crippen molar-refractivity contribution in [3.05, 3.63) is 21.7 Å². The van der Waals surface area contributed by atoms with Gasteiger partial charge in [0.2, 0.25) is 0 Å². The van der Waals surface area contributed by atoms with Gasteiger partial charge in [0.25, 0.3) is 0 Å². The second-order valence-electron chi connectivity index (χ2n) is 4.51. The molecule has 1 N–H and O–H groups in total. The highest BCUT2D eigenvalue weighted by atomic mass is 79.9. The van der Waals surface area contributed by atoms with E-state index in [1.165, 1.54) is 21.3 Å². The van der Waals surface area contributed by atoms with Gasteiger partial charge in [-0.1, -0.05) is 13.8 Å². The number of ether oxygens (including phenoxy) is 3. The van der Waals surface area contributed by atoms with Crippen LogP contribution in [0.15, 0.2) is 10.5 Å². The Balaban J connectivity index is 3.59. The molecule has 5 nitrogen and oxygen atoms in total. The van der Waals surface area contributed by atoms with Crippen molar-refractivity contribution in [2.75, 3.05) is 21.3 Å². The molecular formula is C14H19BrO5. The summed E-state index contributed by atoms with van der Waals surface area (Å²) in [5.74, 6) is 0.333. The fraction of sp³-hybridized carbons (Fsp3) is 0.500. The zero-order valence-electron chi connectivity index (χ0n) is 12.2. The van der Waals surface area contributed by atoms with E-state index in [1.807, 2.05) is 13.8 Å². The summed E-state index contributed by atoms with van der Waals surface area (Å²) in [6.07, 6.45) is -1.37. The van der Waals surface area contributed by atoms with Gasteiger partial charge in [-0.3, -0.25) is 0 Å². The van der Waals surface area contributed by atoms with E-state index >= 15 is 0 Å². The quantitative estimate of drug-likeness (QED) is 0.830. The highest BCUT2D eigenvalue weighted by Gasteiger charge is 2.28. The number of hydrogen-bond acceptors (Lipinski definition) is 5. The van der Waals surface area contributed by atoms with Crippen molar-refractivity contribution in [2.45, 2.75) is 25.9 Å². The van der Waals surface area contributed by atoms with Crippen LogP contribution < -0.4 is 9.47 Å². The molecule has 6 heteroatoms. The molecule has 112 valence electrons. The number of esters is 1. The molecule has 0 radical (unpaired) electrons. The average molecular weight is 347 g/mol. The van der Waals surface area contributed by atoms with Gasteiger partial charge in [0, 0.05) is 11.1 Å². The molecule has 0 spiro atoms. The lowest BCUT2D eigenvalue weighted by Gasteiger charge is -2.22. The number of carbonyl (C=O) groups excluding carboxylic acids is 1. The number of halogens is 1. The minimum absolute atomic E-state index is 0.0289. The molecule has 1 atom stereocenters.